The largest absolute Gasteiger partial charge is 0.396 e. The van der Waals surface area contributed by atoms with Gasteiger partial charge >= 0.3 is 0 Å². The van der Waals surface area contributed by atoms with Crippen LogP contribution in [0.2, 0.25) is 0 Å². The lowest BCUT2D eigenvalue weighted by Gasteiger charge is -2.27. The molecule has 1 aromatic carbocycles. The maximum atomic E-state index is 9.22. The standard InChI is InChI=1S/C21H26N4O2S/c1-14-24-25-21(28-14)17-6-7-18-10-22-20(9-19(18)8-17)23-13-27-12-16-4-2-15(11-26)3-5-16/h6-10,15-16,26H,2-5,11-13H2,1H3,(H,22,23). The van der Waals surface area contributed by atoms with Crippen molar-refractivity contribution in [1.82, 2.24) is 15.2 Å². The van der Waals surface area contributed by atoms with Gasteiger partial charge in [0.1, 0.15) is 22.6 Å². The molecule has 0 saturated heterocycles. The molecule has 1 aliphatic rings. The fraction of sp³-hybridized carbons (Fsp3) is 0.476. The SMILES string of the molecule is Cc1nnc(-c2ccc3cnc(NCOCC4CCC(CO)CC4)cc3c2)s1. The Hall–Kier alpha value is -2.09. The van der Waals surface area contributed by atoms with E-state index < -0.39 is 0 Å². The lowest BCUT2D eigenvalue weighted by molar-refractivity contribution is 0.0794. The molecule has 4 rings (SSSR count). The molecule has 2 heterocycles. The highest BCUT2D eigenvalue weighted by molar-refractivity contribution is 7.14. The molecule has 2 aromatic heterocycles. The number of nitrogens with zero attached hydrogens (tertiary/aromatic N) is 3. The number of rotatable bonds is 7. The van der Waals surface area contributed by atoms with Crippen LogP contribution in [0, 0.1) is 18.8 Å². The quantitative estimate of drug-likeness (QED) is 0.458. The number of hydrogen-bond donors (Lipinski definition) is 2. The molecule has 1 aliphatic carbocycles. The summed E-state index contributed by atoms with van der Waals surface area (Å²) in [4.78, 5) is 4.47. The van der Waals surface area contributed by atoms with E-state index in [1.54, 1.807) is 11.3 Å². The zero-order valence-electron chi connectivity index (χ0n) is 16.1. The molecule has 3 aromatic rings. The molecule has 0 amide bonds. The fourth-order valence-electron chi connectivity index (χ4n) is 3.72. The Bertz CT molecular complexity index is 922. The van der Waals surface area contributed by atoms with Gasteiger partial charge in [-0.2, -0.15) is 0 Å². The van der Waals surface area contributed by atoms with Crippen molar-refractivity contribution in [2.24, 2.45) is 11.8 Å². The number of benzene rings is 1. The van der Waals surface area contributed by atoms with Crippen molar-refractivity contribution < 1.29 is 9.84 Å². The van der Waals surface area contributed by atoms with Gasteiger partial charge in [-0.3, -0.25) is 0 Å². The molecule has 7 heteroatoms. The van der Waals surface area contributed by atoms with Gasteiger partial charge in [0, 0.05) is 23.8 Å². The lowest BCUT2D eigenvalue weighted by Crippen LogP contribution is -2.21. The molecule has 0 unspecified atom stereocenters. The number of aliphatic hydroxyl groups is 1. The van der Waals surface area contributed by atoms with Crippen LogP contribution in [-0.4, -0.2) is 40.2 Å². The van der Waals surface area contributed by atoms with Crippen LogP contribution in [-0.2, 0) is 4.74 Å². The Kier molecular flexibility index (Phi) is 6.14. The summed E-state index contributed by atoms with van der Waals surface area (Å²) < 4.78 is 5.82. The minimum Gasteiger partial charge on any atom is -0.396 e. The third-order valence-electron chi connectivity index (χ3n) is 5.43. The molecule has 1 fully saturated rings. The summed E-state index contributed by atoms with van der Waals surface area (Å²) in [5.74, 6) is 1.90. The highest BCUT2D eigenvalue weighted by Crippen LogP contribution is 2.29. The van der Waals surface area contributed by atoms with Crippen molar-refractivity contribution in [1.29, 1.82) is 0 Å². The lowest BCUT2D eigenvalue weighted by atomic mass is 9.83. The fourth-order valence-corrected chi connectivity index (χ4v) is 4.40. The normalized spacial score (nSPS) is 19.8. The average molecular weight is 399 g/mol. The minimum atomic E-state index is 0.323. The highest BCUT2D eigenvalue weighted by Gasteiger charge is 2.20. The summed E-state index contributed by atoms with van der Waals surface area (Å²) in [6.07, 6.45) is 6.39. The van der Waals surface area contributed by atoms with E-state index in [0.29, 0.717) is 25.2 Å². The third kappa shape index (κ3) is 4.66. The summed E-state index contributed by atoms with van der Waals surface area (Å²) in [6.45, 7) is 3.50. The van der Waals surface area contributed by atoms with Crippen molar-refractivity contribution in [2.45, 2.75) is 32.6 Å². The Labute approximate surface area is 169 Å². The number of fused-ring (bicyclic) bond motifs is 1. The van der Waals surface area contributed by atoms with E-state index in [2.05, 4.69) is 38.7 Å². The number of anilines is 1. The van der Waals surface area contributed by atoms with Crippen LogP contribution < -0.4 is 5.32 Å². The van der Waals surface area contributed by atoms with Crippen molar-refractivity contribution in [3.05, 3.63) is 35.5 Å². The van der Waals surface area contributed by atoms with E-state index in [1.807, 2.05) is 19.2 Å². The number of hydrogen-bond acceptors (Lipinski definition) is 7. The van der Waals surface area contributed by atoms with Crippen molar-refractivity contribution in [2.75, 3.05) is 25.3 Å². The molecule has 6 nitrogen and oxygen atoms in total. The second-order valence-electron chi connectivity index (χ2n) is 7.52. The summed E-state index contributed by atoms with van der Waals surface area (Å²) in [7, 11) is 0. The van der Waals surface area contributed by atoms with E-state index in [-0.39, 0.29) is 0 Å². The van der Waals surface area contributed by atoms with Crippen molar-refractivity contribution in [3.63, 3.8) is 0 Å². The van der Waals surface area contributed by atoms with E-state index in [9.17, 15) is 5.11 Å². The maximum Gasteiger partial charge on any atom is 0.147 e. The molecule has 1 saturated carbocycles. The summed E-state index contributed by atoms with van der Waals surface area (Å²) >= 11 is 1.60. The molecule has 148 valence electrons. The Morgan fingerprint density at radius 2 is 1.93 bits per heavy atom. The monoisotopic (exact) mass is 398 g/mol. The molecule has 0 radical (unpaired) electrons. The Morgan fingerprint density at radius 3 is 2.68 bits per heavy atom. The average Bonchev–Trinajstić information content (AvgIpc) is 3.17. The number of aliphatic hydroxyl groups excluding tert-OH is 1. The first kappa shape index (κ1) is 19.2. The van der Waals surface area contributed by atoms with E-state index >= 15 is 0 Å². The van der Waals surface area contributed by atoms with Crippen LogP contribution in [0.4, 0.5) is 5.82 Å². The highest BCUT2D eigenvalue weighted by atomic mass is 32.1. The van der Waals surface area contributed by atoms with Gasteiger partial charge in [0.05, 0.1) is 6.61 Å². The number of pyridine rings is 1. The predicted molar refractivity (Wildman–Crippen MR) is 112 cm³/mol. The second kappa shape index (κ2) is 8.94. The van der Waals surface area contributed by atoms with Gasteiger partial charge in [-0.15, -0.1) is 10.2 Å². The summed E-state index contributed by atoms with van der Waals surface area (Å²) in [5, 5.41) is 24.9. The third-order valence-corrected chi connectivity index (χ3v) is 6.32. The smallest absolute Gasteiger partial charge is 0.147 e. The molecule has 28 heavy (non-hydrogen) atoms. The molecule has 2 N–H and O–H groups in total. The van der Waals surface area contributed by atoms with Crippen molar-refractivity contribution in [3.8, 4) is 10.6 Å². The zero-order valence-corrected chi connectivity index (χ0v) is 16.9. The van der Waals surface area contributed by atoms with E-state index in [0.717, 1.165) is 64.5 Å². The van der Waals surface area contributed by atoms with Crippen molar-refractivity contribution >= 4 is 27.9 Å². The van der Waals surface area contributed by atoms with Gasteiger partial charge < -0.3 is 15.2 Å². The molecule has 0 aliphatic heterocycles. The molecule has 0 spiro atoms. The van der Waals surface area contributed by atoms with Gasteiger partial charge in [-0.1, -0.05) is 23.5 Å². The Morgan fingerprint density at radius 1 is 1.11 bits per heavy atom. The molecular weight excluding hydrogens is 372 g/mol. The molecule has 0 atom stereocenters. The maximum absolute atomic E-state index is 9.22. The van der Waals surface area contributed by atoms with E-state index in [4.69, 9.17) is 4.74 Å². The summed E-state index contributed by atoms with van der Waals surface area (Å²) in [6, 6.07) is 8.30. The molecule has 0 bridgehead atoms. The molecular formula is C21H26N4O2S. The second-order valence-corrected chi connectivity index (χ2v) is 8.70. The summed E-state index contributed by atoms with van der Waals surface area (Å²) in [5.41, 5.74) is 1.07. The number of aromatic nitrogens is 3. The topological polar surface area (TPSA) is 80.2 Å². The first-order valence-electron chi connectivity index (χ1n) is 9.84. The Balaban J connectivity index is 1.32. The van der Waals surface area contributed by atoms with Gasteiger partial charge in [-0.05, 0) is 62.0 Å². The van der Waals surface area contributed by atoms with Crippen LogP contribution in [0.15, 0.2) is 30.5 Å². The minimum absolute atomic E-state index is 0.323. The van der Waals surface area contributed by atoms with Crippen LogP contribution in [0.1, 0.15) is 30.7 Å². The van der Waals surface area contributed by atoms with Gasteiger partial charge in [0.15, 0.2) is 0 Å². The zero-order chi connectivity index (χ0) is 19.3. The van der Waals surface area contributed by atoms with Crippen LogP contribution in [0.3, 0.4) is 0 Å². The number of aryl methyl sites for hydroxylation is 1. The first-order valence-corrected chi connectivity index (χ1v) is 10.7. The van der Waals surface area contributed by atoms with Gasteiger partial charge in [0.25, 0.3) is 0 Å². The van der Waals surface area contributed by atoms with Crippen LogP contribution in [0.5, 0.6) is 0 Å². The van der Waals surface area contributed by atoms with Crippen LogP contribution in [0.25, 0.3) is 21.3 Å². The number of nitrogens with one attached hydrogen (secondary N) is 1. The van der Waals surface area contributed by atoms with E-state index in [1.165, 1.54) is 0 Å². The van der Waals surface area contributed by atoms with Gasteiger partial charge in [0.2, 0.25) is 0 Å². The predicted octanol–water partition coefficient (Wildman–Crippen LogP) is 4.25. The number of ether oxygens (including phenoxy) is 1. The van der Waals surface area contributed by atoms with Gasteiger partial charge in [-0.25, -0.2) is 4.98 Å². The van der Waals surface area contributed by atoms with Crippen LogP contribution >= 0.6 is 11.3 Å². The first-order chi connectivity index (χ1) is 13.7.